The molecule has 0 bridgehead atoms. The van der Waals surface area contributed by atoms with E-state index in [1.807, 2.05) is 0 Å². The molecule has 0 saturated heterocycles. The summed E-state index contributed by atoms with van der Waals surface area (Å²) in [7, 11) is 0. The van der Waals surface area contributed by atoms with Gasteiger partial charge in [0, 0.05) is 17.6 Å². The Morgan fingerprint density at radius 1 is 1.17 bits per heavy atom. The fraction of sp³-hybridized carbons (Fsp3) is 0.750. The minimum absolute atomic E-state index is 0.179. The molecule has 1 heterocycles. The first-order valence-corrected chi connectivity index (χ1v) is 9.02. The number of aliphatic hydroxyl groups excluding tert-OH is 1. The number of ether oxygens (including phenoxy) is 1. The van der Waals surface area contributed by atoms with E-state index in [1.165, 1.54) is 31.8 Å². The molecule has 2 fully saturated rings. The van der Waals surface area contributed by atoms with E-state index in [2.05, 4.69) is 33.8 Å². The number of carbonyl (C=O) groups is 1. The first-order chi connectivity index (χ1) is 10.7. The molecule has 3 aliphatic carbocycles. The maximum Gasteiger partial charge on any atom is 0.192 e. The normalized spacial score (nSPS) is 47.7. The lowest BCUT2D eigenvalue weighted by Gasteiger charge is -2.62. The van der Waals surface area contributed by atoms with Crippen molar-refractivity contribution in [3.05, 3.63) is 23.5 Å². The molecule has 3 heteroatoms. The molecule has 23 heavy (non-hydrogen) atoms. The molecule has 4 aliphatic rings. The molecule has 0 spiro atoms. The van der Waals surface area contributed by atoms with Crippen molar-refractivity contribution >= 4 is 5.78 Å². The highest BCUT2D eigenvalue weighted by Crippen LogP contribution is 2.64. The zero-order chi connectivity index (χ0) is 16.6. The van der Waals surface area contributed by atoms with E-state index >= 15 is 0 Å². The summed E-state index contributed by atoms with van der Waals surface area (Å²) in [6.07, 6.45) is 8.61. The van der Waals surface area contributed by atoms with Crippen LogP contribution in [0.5, 0.6) is 0 Å². The fourth-order valence-electron chi connectivity index (χ4n) is 6.30. The summed E-state index contributed by atoms with van der Waals surface area (Å²) in [4.78, 5) is 11.9. The van der Waals surface area contributed by atoms with Crippen LogP contribution in [-0.4, -0.2) is 22.6 Å². The molecule has 0 radical (unpaired) electrons. The van der Waals surface area contributed by atoms with Crippen LogP contribution in [0.25, 0.3) is 0 Å². The van der Waals surface area contributed by atoms with Crippen molar-refractivity contribution in [1.29, 1.82) is 0 Å². The van der Waals surface area contributed by atoms with Crippen molar-refractivity contribution in [2.45, 2.75) is 71.5 Å². The van der Waals surface area contributed by atoms with Gasteiger partial charge >= 0.3 is 0 Å². The van der Waals surface area contributed by atoms with Crippen molar-refractivity contribution < 1.29 is 14.6 Å². The summed E-state index contributed by atoms with van der Waals surface area (Å²) < 4.78 is 6.34. The lowest BCUT2D eigenvalue weighted by atomic mass is 9.45. The topological polar surface area (TPSA) is 46.5 Å². The van der Waals surface area contributed by atoms with Crippen LogP contribution in [0.15, 0.2) is 23.5 Å². The Bertz CT molecular complexity index is 629. The van der Waals surface area contributed by atoms with E-state index in [1.54, 1.807) is 0 Å². The fourth-order valence-corrected chi connectivity index (χ4v) is 6.30. The van der Waals surface area contributed by atoms with Gasteiger partial charge in [0.2, 0.25) is 0 Å². The van der Waals surface area contributed by atoms with Crippen LogP contribution >= 0.6 is 0 Å². The Kier molecular flexibility index (Phi) is 3.02. The van der Waals surface area contributed by atoms with Crippen LogP contribution in [0, 0.1) is 22.7 Å². The van der Waals surface area contributed by atoms with Gasteiger partial charge in [-0.3, -0.25) is 4.79 Å². The van der Waals surface area contributed by atoms with Gasteiger partial charge in [-0.2, -0.15) is 0 Å². The monoisotopic (exact) mass is 316 g/mol. The van der Waals surface area contributed by atoms with Crippen LogP contribution < -0.4 is 0 Å². The average molecular weight is 316 g/mol. The van der Waals surface area contributed by atoms with Crippen LogP contribution in [-0.2, 0) is 9.53 Å². The van der Waals surface area contributed by atoms with Gasteiger partial charge in [-0.05, 0) is 49.4 Å². The Morgan fingerprint density at radius 3 is 2.65 bits per heavy atom. The Balaban J connectivity index is 1.81. The van der Waals surface area contributed by atoms with Crippen molar-refractivity contribution in [1.82, 2.24) is 0 Å². The van der Waals surface area contributed by atoms with Crippen LogP contribution in [0.4, 0.5) is 0 Å². The SMILES string of the molecule is CC1(C)CCC[C@]2(C)[C@H]3C=C4C(=CC(=O)[C@H]4O)O[C@@]3(C)CC[C@@H]12. The molecule has 1 N–H and O–H groups in total. The van der Waals surface area contributed by atoms with E-state index in [-0.39, 0.29) is 22.7 Å². The van der Waals surface area contributed by atoms with E-state index in [0.29, 0.717) is 22.7 Å². The molecule has 1 aliphatic heterocycles. The van der Waals surface area contributed by atoms with Gasteiger partial charge in [-0.15, -0.1) is 0 Å². The maximum atomic E-state index is 11.9. The number of carbonyl (C=O) groups excluding carboxylic acids is 1. The van der Waals surface area contributed by atoms with E-state index in [0.717, 1.165) is 6.42 Å². The largest absolute Gasteiger partial charge is 0.486 e. The summed E-state index contributed by atoms with van der Waals surface area (Å²) in [5.41, 5.74) is 0.993. The number of aliphatic hydroxyl groups is 1. The second kappa shape index (κ2) is 4.50. The maximum absolute atomic E-state index is 11.9. The number of rotatable bonds is 0. The molecule has 5 atom stereocenters. The minimum Gasteiger partial charge on any atom is -0.486 e. The Labute approximate surface area is 138 Å². The molecular formula is C20H28O3. The molecule has 126 valence electrons. The summed E-state index contributed by atoms with van der Waals surface area (Å²) in [6, 6.07) is 0. The quantitative estimate of drug-likeness (QED) is 0.740. The van der Waals surface area contributed by atoms with Gasteiger partial charge in [0.05, 0.1) is 0 Å². The van der Waals surface area contributed by atoms with Crippen LogP contribution in [0.2, 0.25) is 0 Å². The molecule has 0 amide bonds. The molecule has 0 aromatic carbocycles. The van der Waals surface area contributed by atoms with Crippen molar-refractivity contribution in [2.24, 2.45) is 22.7 Å². The molecule has 4 rings (SSSR count). The number of hydrogen-bond acceptors (Lipinski definition) is 3. The van der Waals surface area contributed by atoms with Crippen molar-refractivity contribution in [3.63, 3.8) is 0 Å². The summed E-state index contributed by atoms with van der Waals surface area (Å²) >= 11 is 0. The third-order valence-corrected chi connectivity index (χ3v) is 7.39. The second-order valence-electron chi connectivity index (χ2n) is 9.27. The van der Waals surface area contributed by atoms with Gasteiger partial charge in [0.15, 0.2) is 5.78 Å². The highest BCUT2D eigenvalue weighted by molar-refractivity contribution is 6.01. The molecule has 0 aromatic heterocycles. The minimum atomic E-state index is -1.02. The third kappa shape index (κ3) is 1.95. The molecule has 0 unspecified atom stereocenters. The van der Waals surface area contributed by atoms with E-state index in [4.69, 9.17) is 4.74 Å². The zero-order valence-corrected chi connectivity index (χ0v) is 14.7. The third-order valence-electron chi connectivity index (χ3n) is 7.39. The van der Waals surface area contributed by atoms with Gasteiger partial charge < -0.3 is 9.84 Å². The van der Waals surface area contributed by atoms with Gasteiger partial charge in [0.25, 0.3) is 0 Å². The summed E-state index contributed by atoms with van der Waals surface area (Å²) in [6.45, 7) is 9.44. The predicted octanol–water partition coefficient (Wildman–Crippen LogP) is 3.77. The summed E-state index contributed by atoms with van der Waals surface area (Å²) in [5.74, 6) is 1.31. The van der Waals surface area contributed by atoms with Gasteiger partial charge in [-0.1, -0.05) is 33.3 Å². The number of ketones is 1. The standard InChI is InChI=1S/C20H28O3/c1-18(2)7-5-8-19(3)15(18)6-9-20(4)16(19)10-12-14(23-20)11-13(21)17(12)22/h10-11,15-17,22H,5-9H2,1-4H3/t15-,16+,17-,19-,20-/m0/s1. The average Bonchev–Trinajstić information content (AvgIpc) is 2.70. The van der Waals surface area contributed by atoms with Crippen LogP contribution in [0.3, 0.4) is 0 Å². The van der Waals surface area contributed by atoms with Crippen molar-refractivity contribution in [3.8, 4) is 0 Å². The molecule has 3 nitrogen and oxygen atoms in total. The van der Waals surface area contributed by atoms with Crippen molar-refractivity contribution in [2.75, 3.05) is 0 Å². The molecule has 0 aromatic rings. The predicted molar refractivity (Wildman–Crippen MR) is 88.6 cm³/mol. The second-order valence-corrected chi connectivity index (χ2v) is 9.27. The lowest BCUT2D eigenvalue weighted by molar-refractivity contribution is -0.163. The Morgan fingerprint density at radius 2 is 1.91 bits per heavy atom. The first kappa shape index (κ1) is 15.4. The zero-order valence-electron chi connectivity index (χ0n) is 14.7. The highest BCUT2D eigenvalue weighted by atomic mass is 16.5. The molecular weight excluding hydrogens is 288 g/mol. The smallest absolute Gasteiger partial charge is 0.192 e. The lowest BCUT2D eigenvalue weighted by Crippen LogP contribution is -2.58. The number of fused-ring (bicyclic) bond motifs is 4. The van der Waals surface area contributed by atoms with E-state index in [9.17, 15) is 9.90 Å². The molecule has 2 saturated carbocycles. The number of hydrogen-bond donors (Lipinski definition) is 1. The van der Waals surface area contributed by atoms with Gasteiger partial charge in [-0.25, -0.2) is 0 Å². The van der Waals surface area contributed by atoms with E-state index < -0.39 is 6.10 Å². The van der Waals surface area contributed by atoms with Gasteiger partial charge in [0.1, 0.15) is 17.5 Å². The Hall–Kier alpha value is -1.09. The first-order valence-electron chi connectivity index (χ1n) is 9.02. The highest BCUT2D eigenvalue weighted by Gasteiger charge is 2.60. The van der Waals surface area contributed by atoms with Crippen LogP contribution in [0.1, 0.15) is 59.8 Å². The summed E-state index contributed by atoms with van der Waals surface area (Å²) in [5, 5.41) is 10.2.